The molecule has 0 aliphatic carbocycles. The van der Waals surface area contributed by atoms with Crippen molar-refractivity contribution in [3.63, 3.8) is 0 Å². The summed E-state index contributed by atoms with van der Waals surface area (Å²) in [5, 5.41) is 0. The van der Waals surface area contributed by atoms with Gasteiger partial charge in [0.25, 0.3) is 0 Å². The molecule has 0 aliphatic heterocycles. The van der Waals surface area contributed by atoms with Crippen molar-refractivity contribution in [1.82, 2.24) is 0 Å². The maximum atomic E-state index is 4.49. The molecule has 0 fully saturated rings. The van der Waals surface area contributed by atoms with Crippen molar-refractivity contribution in [3.8, 4) is 12.3 Å². The molecule has 0 saturated carbocycles. The number of terminal acetylenes is 1. The first-order valence-electron chi connectivity index (χ1n) is 0.642. The van der Waals surface area contributed by atoms with E-state index in [2.05, 4.69) is 13.3 Å². The van der Waals surface area contributed by atoms with Crippen LogP contribution < -0.4 is 51.4 Å². The molecule has 0 rings (SSSR count). The standard InChI is InChI=1S/C3H3.K/c1-3-2;/h1H,2H2;/q-1;+1. The number of hydrogen-bond donors (Lipinski definition) is 0. The van der Waals surface area contributed by atoms with Crippen LogP contribution in [0.5, 0.6) is 0 Å². The van der Waals surface area contributed by atoms with Gasteiger partial charge < -0.3 is 12.3 Å². The van der Waals surface area contributed by atoms with Crippen LogP contribution in [-0.4, -0.2) is 0 Å². The molecular formula is C3H3K. The summed E-state index contributed by atoms with van der Waals surface area (Å²) in [6.45, 7) is 3.01. The molecule has 0 spiro atoms. The van der Waals surface area contributed by atoms with Crippen molar-refractivity contribution in [3.05, 3.63) is 6.92 Å². The predicted octanol–water partition coefficient (Wildman–Crippen LogP) is -2.54. The molecule has 0 radical (unpaired) electrons. The van der Waals surface area contributed by atoms with Crippen molar-refractivity contribution in [1.29, 1.82) is 0 Å². The van der Waals surface area contributed by atoms with Crippen LogP contribution in [0, 0.1) is 19.3 Å². The zero-order valence-corrected chi connectivity index (χ0v) is 5.91. The second-order valence-corrected chi connectivity index (χ2v) is 0.204. The summed E-state index contributed by atoms with van der Waals surface area (Å²) in [4.78, 5) is 0. The van der Waals surface area contributed by atoms with Gasteiger partial charge in [-0.2, -0.15) is 6.92 Å². The minimum absolute atomic E-state index is 0. The van der Waals surface area contributed by atoms with E-state index in [4.69, 9.17) is 0 Å². The maximum Gasteiger partial charge on any atom is 1.00 e. The van der Waals surface area contributed by atoms with E-state index < -0.39 is 0 Å². The van der Waals surface area contributed by atoms with Gasteiger partial charge in [0, 0.05) is 0 Å². The second kappa shape index (κ2) is 8.95. The molecule has 0 saturated heterocycles. The van der Waals surface area contributed by atoms with Crippen molar-refractivity contribution >= 4 is 0 Å². The Bertz CT molecular complexity index is 24.8. The van der Waals surface area contributed by atoms with Crippen LogP contribution in [0.15, 0.2) is 0 Å². The second-order valence-electron chi connectivity index (χ2n) is 0.204. The third kappa shape index (κ3) is 11.5. The molecule has 0 bridgehead atoms. The van der Waals surface area contributed by atoms with E-state index in [9.17, 15) is 0 Å². The Hall–Kier alpha value is 1.07. The van der Waals surface area contributed by atoms with Gasteiger partial charge in [0.15, 0.2) is 0 Å². The van der Waals surface area contributed by atoms with Crippen LogP contribution in [0.1, 0.15) is 0 Å². The Morgan fingerprint density at radius 2 is 1.75 bits per heavy atom. The molecule has 0 nitrogen and oxygen atoms in total. The van der Waals surface area contributed by atoms with Gasteiger partial charge in [-0.3, -0.25) is 0 Å². The largest absolute Gasteiger partial charge is 1.00 e. The van der Waals surface area contributed by atoms with E-state index in [1.807, 2.05) is 5.92 Å². The molecule has 0 amide bonds. The molecule has 0 aromatic rings. The van der Waals surface area contributed by atoms with Gasteiger partial charge in [-0.25, -0.2) is 0 Å². The topological polar surface area (TPSA) is 0 Å². The molecule has 16 valence electrons. The van der Waals surface area contributed by atoms with E-state index >= 15 is 0 Å². The Morgan fingerprint density at radius 3 is 1.75 bits per heavy atom. The van der Waals surface area contributed by atoms with Gasteiger partial charge >= 0.3 is 51.4 Å². The Kier molecular flexibility index (Phi) is 19.9. The van der Waals surface area contributed by atoms with Gasteiger partial charge in [-0.1, -0.05) is 0 Å². The van der Waals surface area contributed by atoms with E-state index in [1.54, 1.807) is 0 Å². The summed E-state index contributed by atoms with van der Waals surface area (Å²) in [6, 6.07) is 0. The van der Waals surface area contributed by atoms with Crippen LogP contribution in [0.3, 0.4) is 0 Å². The van der Waals surface area contributed by atoms with Crippen molar-refractivity contribution < 1.29 is 51.4 Å². The molecule has 0 atom stereocenters. The maximum absolute atomic E-state index is 4.49. The molecular weight excluding hydrogens is 75.1 g/mol. The summed E-state index contributed by atoms with van der Waals surface area (Å²) in [7, 11) is 0. The first kappa shape index (κ1) is 8.91. The van der Waals surface area contributed by atoms with Gasteiger partial charge in [0.1, 0.15) is 0 Å². The Balaban J connectivity index is 0. The normalized spacial score (nSPS) is 1.75. The SMILES string of the molecule is C#C[CH2-].[K+]. The fraction of sp³-hybridized carbons (Fsp3) is 0. The first-order valence-corrected chi connectivity index (χ1v) is 0.642. The van der Waals surface area contributed by atoms with Crippen molar-refractivity contribution in [2.45, 2.75) is 0 Å². The monoisotopic (exact) mass is 78.0 g/mol. The minimum Gasteiger partial charge on any atom is -0.345 e. The summed E-state index contributed by atoms with van der Waals surface area (Å²) in [6.07, 6.45) is 4.49. The third-order valence-corrected chi connectivity index (χ3v) is 0. The number of rotatable bonds is 0. The van der Waals surface area contributed by atoms with Crippen LogP contribution in [0.25, 0.3) is 0 Å². The zero-order valence-electron chi connectivity index (χ0n) is 2.78. The molecule has 0 aliphatic rings. The summed E-state index contributed by atoms with van der Waals surface area (Å²) >= 11 is 0. The fourth-order valence-electron chi connectivity index (χ4n) is 0. The van der Waals surface area contributed by atoms with E-state index in [1.165, 1.54) is 0 Å². The van der Waals surface area contributed by atoms with Gasteiger partial charge in [0.05, 0.1) is 0 Å². The van der Waals surface area contributed by atoms with Gasteiger partial charge in [-0.15, -0.1) is 0 Å². The van der Waals surface area contributed by atoms with Crippen LogP contribution in [0.2, 0.25) is 0 Å². The van der Waals surface area contributed by atoms with Crippen LogP contribution in [-0.2, 0) is 0 Å². The van der Waals surface area contributed by atoms with E-state index in [0.29, 0.717) is 0 Å². The third-order valence-electron chi connectivity index (χ3n) is 0. The molecule has 0 aromatic heterocycles. The molecule has 0 aromatic carbocycles. The van der Waals surface area contributed by atoms with Crippen molar-refractivity contribution in [2.75, 3.05) is 0 Å². The average Bonchev–Trinajstić information content (AvgIpc) is 0.918. The van der Waals surface area contributed by atoms with E-state index in [0.717, 1.165) is 0 Å². The Labute approximate surface area is 69.4 Å². The van der Waals surface area contributed by atoms with Gasteiger partial charge in [0.2, 0.25) is 0 Å². The quantitative estimate of drug-likeness (QED) is 0.170. The first-order chi connectivity index (χ1) is 1.41. The summed E-state index contributed by atoms with van der Waals surface area (Å²) in [5.74, 6) is 2.00. The summed E-state index contributed by atoms with van der Waals surface area (Å²) < 4.78 is 0. The van der Waals surface area contributed by atoms with Crippen LogP contribution >= 0.6 is 0 Å². The molecule has 0 N–H and O–H groups in total. The van der Waals surface area contributed by atoms with Crippen molar-refractivity contribution in [2.24, 2.45) is 0 Å². The molecule has 0 unspecified atom stereocenters. The van der Waals surface area contributed by atoms with Crippen LogP contribution in [0.4, 0.5) is 0 Å². The minimum atomic E-state index is 0. The summed E-state index contributed by atoms with van der Waals surface area (Å²) in [5.41, 5.74) is 0. The predicted molar refractivity (Wildman–Crippen MR) is 14.2 cm³/mol. The van der Waals surface area contributed by atoms with Gasteiger partial charge in [-0.05, 0) is 0 Å². The Morgan fingerprint density at radius 1 is 1.75 bits per heavy atom. The fourth-order valence-corrected chi connectivity index (χ4v) is 0. The number of hydrogen-bond acceptors (Lipinski definition) is 0. The average molecular weight is 78.2 g/mol. The van der Waals surface area contributed by atoms with E-state index in [-0.39, 0.29) is 51.4 Å². The molecule has 4 heavy (non-hydrogen) atoms. The smallest absolute Gasteiger partial charge is 0.345 e. The molecule has 1 heteroatoms. The zero-order chi connectivity index (χ0) is 2.71. The molecule has 0 heterocycles.